The topological polar surface area (TPSA) is 94.7 Å². The molecule has 0 radical (unpaired) electrons. The van der Waals surface area contributed by atoms with Crippen molar-refractivity contribution >= 4 is 5.91 Å². The zero-order valence-corrected chi connectivity index (χ0v) is 11.5. The monoisotopic (exact) mass is 288 g/mol. The van der Waals surface area contributed by atoms with E-state index >= 15 is 0 Å². The van der Waals surface area contributed by atoms with E-state index in [1.54, 1.807) is 6.07 Å². The minimum atomic E-state index is -0.174. The van der Waals surface area contributed by atoms with Gasteiger partial charge in [-0.15, -0.1) is 0 Å². The highest BCUT2D eigenvalue weighted by atomic mass is 16.2. The number of aromatic nitrogens is 5. The average molecular weight is 288 g/mol. The molecule has 110 valence electrons. The van der Waals surface area contributed by atoms with Gasteiger partial charge >= 0.3 is 0 Å². The third-order valence-electron chi connectivity index (χ3n) is 3.30. The molecule has 2 aromatic heterocycles. The number of hydrogen-bond acceptors (Lipinski definition) is 5. The van der Waals surface area contributed by atoms with Crippen LogP contribution in [0.4, 0.5) is 0 Å². The Labute approximate surface area is 120 Å². The van der Waals surface area contributed by atoms with Crippen LogP contribution in [0.2, 0.25) is 0 Å². The van der Waals surface area contributed by atoms with Gasteiger partial charge in [-0.25, -0.2) is 14.3 Å². The highest BCUT2D eigenvalue weighted by molar-refractivity contribution is 5.75. The van der Waals surface area contributed by atoms with E-state index in [4.69, 9.17) is 0 Å². The molecule has 1 aliphatic rings. The Morgan fingerprint density at radius 2 is 2.24 bits per heavy atom. The SMILES string of the molecule is O=C(Cn1cncn1)NCCn1nc(C2CC2)ccc1=O. The van der Waals surface area contributed by atoms with Crippen LogP contribution < -0.4 is 10.9 Å². The Kier molecular flexibility index (Phi) is 3.76. The van der Waals surface area contributed by atoms with Gasteiger partial charge in [0.15, 0.2) is 0 Å². The average Bonchev–Trinajstić information content (AvgIpc) is 3.19. The van der Waals surface area contributed by atoms with Crippen molar-refractivity contribution in [2.45, 2.75) is 31.8 Å². The van der Waals surface area contributed by atoms with Gasteiger partial charge in [0.1, 0.15) is 19.2 Å². The lowest BCUT2D eigenvalue weighted by atomic mass is 10.3. The van der Waals surface area contributed by atoms with Gasteiger partial charge in [0.25, 0.3) is 5.56 Å². The highest BCUT2D eigenvalue weighted by Crippen LogP contribution is 2.38. The molecule has 2 aromatic rings. The Hall–Kier alpha value is -2.51. The summed E-state index contributed by atoms with van der Waals surface area (Å²) in [5.41, 5.74) is 0.813. The van der Waals surface area contributed by atoms with E-state index in [9.17, 15) is 9.59 Å². The standard InChI is InChI=1S/C13H16N6O2/c20-12(7-18-9-14-8-16-18)15-5-6-19-13(21)4-3-11(17-19)10-1-2-10/h3-4,8-10H,1-2,5-7H2,(H,15,20). The van der Waals surface area contributed by atoms with Crippen LogP contribution in [0.25, 0.3) is 0 Å². The lowest BCUT2D eigenvalue weighted by Crippen LogP contribution is -2.34. The molecule has 0 bridgehead atoms. The minimum absolute atomic E-state index is 0.116. The second-order valence-electron chi connectivity index (χ2n) is 5.04. The van der Waals surface area contributed by atoms with Crippen molar-refractivity contribution in [3.8, 4) is 0 Å². The summed E-state index contributed by atoms with van der Waals surface area (Å²) in [5, 5.41) is 10.9. The van der Waals surface area contributed by atoms with Crippen LogP contribution in [-0.2, 0) is 17.9 Å². The quantitative estimate of drug-likeness (QED) is 0.775. The Morgan fingerprint density at radius 3 is 2.95 bits per heavy atom. The molecule has 0 spiro atoms. The number of carbonyl (C=O) groups is 1. The zero-order valence-electron chi connectivity index (χ0n) is 11.5. The summed E-state index contributed by atoms with van der Waals surface area (Å²) in [5.74, 6) is 0.325. The van der Waals surface area contributed by atoms with Crippen LogP contribution >= 0.6 is 0 Å². The van der Waals surface area contributed by atoms with E-state index in [2.05, 4.69) is 20.5 Å². The van der Waals surface area contributed by atoms with E-state index < -0.39 is 0 Å². The van der Waals surface area contributed by atoms with Gasteiger partial charge < -0.3 is 5.32 Å². The molecular formula is C13H16N6O2. The molecule has 0 atom stereocenters. The van der Waals surface area contributed by atoms with E-state index in [0.717, 1.165) is 18.5 Å². The molecule has 1 fully saturated rings. The van der Waals surface area contributed by atoms with Crippen molar-refractivity contribution in [2.75, 3.05) is 6.54 Å². The maximum atomic E-state index is 11.7. The van der Waals surface area contributed by atoms with Gasteiger partial charge in [0.05, 0.1) is 12.2 Å². The van der Waals surface area contributed by atoms with Crippen molar-refractivity contribution in [1.82, 2.24) is 29.9 Å². The van der Waals surface area contributed by atoms with E-state index in [0.29, 0.717) is 19.0 Å². The number of nitrogens with one attached hydrogen (secondary N) is 1. The summed E-state index contributed by atoms with van der Waals surface area (Å²) < 4.78 is 2.84. The summed E-state index contributed by atoms with van der Waals surface area (Å²) in [6, 6.07) is 3.33. The molecule has 21 heavy (non-hydrogen) atoms. The smallest absolute Gasteiger partial charge is 0.266 e. The van der Waals surface area contributed by atoms with Crippen LogP contribution in [0.5, 0.6) is 0 Å². The Bertz CT molecular complexity index is 674. The molecule has 0 saturated heterocycles. The van der Waals surface area contributed by atoms with Gasteiger partial charge in [0.2, 0.25) is 5.91 Å². The van der Waals surface area contributed by atoms with Gasteiger partial charge in [-0.1, -0.05) is 0 Å². The predicted molar refractivity (Wildman–Crippen MR) is 73.5 cm³/mol. The first kappa shape index (κ1) is 13.5. The number of carbonyl (C=O) groups excluding carboxylic acids is 1. The lowest BCUT2D eigenvalue weighted by Gasteiger charge is -2.08. The van der Waals surface area contributed by atoms with Crippen LogP contribution in [0.15, 0.2) is 29.6 Å². The lowest BCUT2D eigenvalue weighted by molar-refractivity contribution is -0.121. The van der Waals surface area contributed by atoms with Crippen molar-refractivity contribution in [2.24, 2.45) is 0 Å². The summed E-state index contributed by atoms with van der Waals surface area (Å²) in [7, 11) is 0. The van der Waals surface area contributed by atoms with E-state index in [1.807, 2.05) is 0 Å². The first-order valence-corrected chi connectivity index (χ1v) is 6.89. The summed E-state index contributed by atoms with van der Waals surface area (Å²) in [6.07, 6.45) is 5.13. The number of hydrogen-bond donors (Lipinski definition) is 1. The van der Waals surface area contributed by atoms with Crippen molar-refractivity contribution in [1.29, 1.82) is 0 Å². The number of amides is 1. The molecule has 2 heterocycles. The number of nitrogens with zero attached hydrogens (tertiary/aromatic N) is 5. The minimum Gasteiger partial charge on any atom is -0.353 e. The normalized spacial score (nSPS) is 14.1. The molecule has 1 N–H and O–H groups in total. The van der Waals surface area contributed by atoms with Gasteiger partial charge in [-0.3, -0.25) is 9.59 Å². The second-order valence-corrected chi connectivity index (χ2v) is 5.04. The second kappa shape index (κ2) is 5.86. The van der Waals surface area contributed by atoms with Crippen molar-refractivity contribution in [3.63, 3.8) is 0 Å². The van der Waals surface area contributed by atoms with Crippen molar-refractivity contribution in [3.05, 3.63) is 40.8 Å². The molecule has 1 saturated carbocycles. The highest BCUT2D eigenvalue weighted by Gasteiger charge is 2.25. The summed E-state index contributed by atoms with van der Waals surface area (Å²) >= 11 is 0. The number of rotatable bonds is 6. The molecule has 0 unspecified atom stereocenters. The predicted octanol–water partition coefficient (Wildman–Crippen LogP) is -0.471. The van der Waals surface area contributed by atoms with E-state index in [-0.39, 0.29) is 18.0 Å². The van der Waals surface area contributed by atoms with E-state index in [1.165, 1.54) is 28.1 Å². The maximum absolute atomic E-state index is 11.7. The Morgan fingerprint density at radius 1 is 1.38 bits per heavy atom. The van der Waals surface area contributed by atoms with Crippen LogP contribution in [0.1, 0.15) is 24.5 Å². The van der Waals surface area contributed by atoms with Gasteiger partial charge in [-0.05, 0) is 18.9 Å². The molecule has 8 nitrogen and oxygen atoms in total. The first-order chi connectivity index (χ1) is 10.2. The van der Waals surface area contributed by atoms with Crippen LogP contribution in [0.3, 0.4) is 0 Å². The Balaban J connectivity index is 1.51. The largest absolute Gasteiger partial charge is 0.353 e. The van der Waals surface area contributed by atoms with Crippen LogP contribution in [-0.4, -0.2) is 37.0 Å². The van der Waals surface area contributed by atoms with Gasteiger partial charge in [-0.2, -0.15) is 10.2 Å². The third-order valence-corrected chi connectivity index (χ3v) is 3.30. The molecule has 3 rings (SSSR count). The third kappa shape index (κ3) is 3.53. The van der Waals surface area contributed by atoms with Crippen LogP contribution in [0, 0.1) is 0 Å². The fourth-order valence-electron chi connectivity index (χ4n) is 2.04. The fourth-order valence-corrected chi connectivity index (χ4v) is 2.04. The summed E-state index contributed by atoms with van der Waals surface area (Å²) in [4.78, 5) is 27.1. The van der Waals surface area contributed by atoms with Crippen molar-refractivity contribution < 1.29 is 4.79 Å². The molecule has 8 heteroatoms. The molecule has 1 amide bonds. The first-order valence-electron chi connectivity index (χ1n) is 6.89. The fraction of sp³-hybridized carbons (Fsp3) is 0.462. The summed E-state index contributed by atoms with van der Waals surface area (Å²) in [6.45, 7) is 0.835. The maximum Gasteiger partial charge on any atom is 0.266 e. The molecular weight excluding hydrogens is 272 g/mol. The zero-order chi connectivity index (χ0) is 14.7. The molecule has 0 aliphatic heterocycles. The molecule has 0 aromatic carbocycles. The van der Waals surface area contributed by atoms with Gasteiger partial charge in [0, 0.05) is 18.5 Å². The molecule has 1 aliphatic carbocycles.